The highest BCUT2D eigenvalue weighted by atomic mass is 32.1. The number of ketones is 1. The van der Waals surface area contributed by atoms with Crippen molar-refractivity contribution >= 4 is 33.8 Å². The van der Waals surface area contributed by atoms with Gasteiger partial charge in [-0.25, -0.2) is 4.98 Å². The van der Waals surface area contributed by atoms with Gasteiger partial charge in [-0.05, 0) is 31.2 Å². The fourth-order valence-electron chi connectivity index (χ4n) is 2.44. The molecular formula is C20H18N4OS. The van der Waals surface area contributed by atoms with Crippen molar-refractivity contribution in [3.05, 3.63) is 70.1 Å². The van der Waals surface area contributed by atoms with Crippen LogP contribution in [0.4, 0.5) is 16.6 Å². The van der Waals surface area contributed by atoms with Gasteiger partial charge in [-0.15, -0.1) is 0 Å². The van der Waals surface area contributed by atoms with Gasteiger partial charge in [0.1, 0.15) is 4.88 Å². The Hall–Kier alpha value is -3.17. The molecule has 0 atom stereocenters. The maximum absolute atomic E-state index is 13.0. The van der Waals surface area contributed by atoms with Gasteiger partial charge in [-0.1, -0.05) is 41.2 Å². The van der Waals surface area contributed by atoms with E-state index in [4.69, 9.17) is 5.26 Å². The monoisotopic (exact) mass is 362 g/mol. The standard InChI is InChI=1S/C20H18N4OS/c1-13-7-9-16(10-8-13)22-20-23-19(24(2)3)18(26-20)17(25)15-6-4-5-14(11-15)12-21/h4-11H,1-3H3,(H,22,23). The molecule has 0 spiro atoms. The summed E-state index contributed by atoms with van der Waals surface area (Å²) in [5, 5.41) is 13.0. The van der Waals surface area contributed by atoms with Gasteiger partial charge in [0.15, 0.2) is 10.9 Å². The van der Waals surface area contributed by atoms with Gasteiger partial charge in [0.2, 0.25) is 5.78 Å². The first kappa shape index (κ1) is 17.6. The van der Waals surface area contributed by atoms with Crippen molar-refractivity contribution in [2.45, 2.75) is 6.92 Å². The largest absolute Gasteiger partial charge is 0.361 e. The Kier molecular flexibility index (Phi) is 5.01. The number of carbonyl (C=O) groups is 1. The minimum absolute atomic E-state index is 0.139. The predicted octanol–water partition coefficient (Wildman–Crippen LogP) is 4.36. The molecule has 1 N–H and O–H groups in total. The van der Waals surface area contributed by atoms with Crippen molar-refractivity contribution in [3.63, 3.8) is 0 Å². The number of hydrogen-bond donors (Lipinski definition) is 1. The van der Waals surface area contributed by atoms with Crippen molar-refractivity contribution in [2.24, 2.45) is 0 Å². The SMILES string of the molecule is Cc1ccc(Nc2nc(N(C)C)c(C(=O)c3cccc(C#N)c3)s2)cc1. The molecule has 5 nitrogen and oxygen atoms in total. The highest BCUT2D eigenvalue weighted by molar-refractivity contribution is 7.18. The van der Waals surface area contributed by atoms with E-state index in [1.54, 1.807) is 24.3 Å². The van der Waals surface area contributed by atoms with Gasteiger partial charge in [-0.3, -0.25) is 4.79 Å². The molecule has 26 heavy (non-hydrogen) atoms. The number of benzene rings is 2. The number of aryl methyl sites for hydroxylation is 1. The predicted molar refractivity (Wildman–Crippen MR) is 105 cm³/mol. The van der Waals surface area contributed by atoms with Crippen molar-refractivity contribution in [3.8, 4) is 6.07 Å². The molecule has 0 fully saturated rings. The van der Waals surface area contributed by atoms with Gasteiger partial charge < -0.3 is 10.2 Å². The second kappa shape index (κ2) is 7.38. The van der Waals surface area contributed by atoms with E-state index in [1.807, 2.05) is 50.2 Å². The molecule has 3 aromatic rings. The first-order chi connectivity index (χ1) is 12.5. The lowest BCUT2D eigenvalue weighted by Crippen LogP contribution is -2.13. The van der Waals surface area contributed by atoms with Crippen LogP contribution in [0.25, 0.3) is 0 Å². The van der Waals surface area contributed by atoms with Gasteiger partial charge >= 0.3 is 0 Å². The van der Waals surface area contributed by atoms with Gasteiger partial charge in [0.05, 0.1) is 11.6 Å². The first-order valence-corrected chi connectivity index (χ1v) is 8.86. The molecule has 1 heterocycles. The summed E-state index contributed by atoms with van der Waals surface area (Å²) in [5.41, 5.74) is 3.04. The average Bonchev–Trinajstić information content (AvgIpc) is 3.07. The van der Waals surface area contributed by atoms with Crippen molar-refractivity contribution in [2.75, 3.05) is 24.3 Å². The number of hydrogen-bond acceptors (Lipinski definition) is 6. The van der Waals surface area contributed by atoms with Crippen LogP contribution in [0.5, 0.6) is 0 Å². The van der Waals surface area contributed by atoms with E-state index in [0.717, 1.165) is 5.69 Å². The fraction of sp³-hybridized carbons (Fsp3) is 0.150. The molecule has 3 rings (SSSR count). The lowest BCUT2D eigenvalue weighted by molar-refractivity contribution is 0.104. The lowest BCUT2D eigenvalue weighted by Gasteiger charge is -2.10. The Labute approximate surface area is 156 Å². The highest BCUT2D eigenvalue weighted by Gasteiger charge is 2.21. The van der Waals surface area contributed by atoms with E-state index in [2.05, 4.69) is 16.4 Å². The first-order valence-electron chi connectivity index (χ1n) is 8.04. The maximum atomic E-state index is 13.0. The number of nitriles is 1. The summed E-state index contributed by atoms with van der Waals surface area (Å²) in [4.78, 5) is 19.9. The van der Waals surface area contributed by atoms with E-state index in [-0.39, 0.29) is 5.78 Å². The Morgan fingerprint density at radius 2 is 1.92 bits per heavy atom. The third-order valence-corrected chi connectivity index (χ3v) is 4.75. The molecule has 2 aromatic carbocycles. The number of carbonyl (C=O) groups excluding carboxylic acids is 1. The second-order valence-electron chi connectivity index (χ2n) is 6.08. The third kappa shape index (κ3) is 3.73. The number of nitrogens with zero attached hydrogens (tertiary/aromatic N) is 3. The Morgan fingerprint density at radius 1 is 1.19 bits per heavy atom. The van der Waals surface area contributed by atoms with Crippen LogP contribution >= 0.6 is 11.3 Å². The molecule has 0 aliphatic carbocycles. The number of nitrogens with one attached hydrogen (secondary N) is 1. The molecule has 1 aromatic heterocycles. The van der Waals surface area contributed by atoms with Gasteiger partial charge in [-0.2, -0.15) is 5.26 Å². The minimum Gasteiger partial charge on any atom is -0.361 e. The fourth-order valence-corrected chi connectivity index (χ4v) is 3.46. The van der Waals surface area contributed by atoms with Crippen LogP contribution in [0.15, 0.2) is 48.5 Å². The summed E-state index contributed by atoms with van der Waals surface area (Å²) in [6.45, 7) is 2.03. The van der Waals surface area contributed by atoms with Crippen LogP contribution in [0.2, 0.25) is 0 Å². The number of anilines is 3. The zero-order chi connectivity index (χ0) is 18.7. The molecule has 6 heteroatoms. The van der Waals surface area contributed by atoms with Gasteiger partial charge in [0.25, 0.3) is 0 Å². The van der Waals surface area contributed by atoms with Crippen molar-refractivity contribution in [1.82, 2.24) is 4.98 Å². The van der Waals surface area contributed by atoms with Crippen LogP contribution in [0.1, 0.15) is 26.4 Å². The summed E-state index contributed by atoms with van der Waals surface area (Å²) in [5.74, 6) is 0.470. The van der Waals surface area contributed by atoms with Crippen LogP contribution < -0.4 is 10.2 Å². The van der Waals surface area contributed by atoms with E-state index < -0.39 is 0 Å². The van der Waals surface area contributed by atoms with Crippen LogP contribution in [-0.4, -0.2) is 24.9 Å². The number of aromatic nitrogens is 1. The minimum atomic E-state index is -0.139. The molecule has 0 saturated carbocycles. The molecule has 0 aliphatic heterocycles. The van der Waals surface area contributed by atoms with Crippen LogP contribution in [0, 0.1) is 18.3 Å². The topological polar surface area (TPSA) is 69.0 Å². The second-order valence-corrected chi connectivity index (χ2v) is 7.08. The summed E-state index contributed by atoms with van der Waals surface area (Å²) in [6, 6.07) is 16.8. The molecule has 0 bridgehead atoms. The van der Waals surface area contributed by atoms with Crippen LogP contribution in [-0.2, 0) is 0 Å². The third-order valence-electron chi connectivity index (χ3n) is 3.80. The molecule has 0 aliphatic rings. The molecule has 0 saturated heterocycles. The van der Waals surface area contributed by atoms with Crippen LogP contribution in [0.3, 0.4) is 0 Å². The van der Waals surface area contributed by atoms with Crippen molar-refractivity contribution < 1.29 is 4.79 Å². The molecule has 0 radical (unpaired) electrons. The van der Waals surface area contributed by atoms with E-state index >= 15 is 0 Å². The zero-order valence-electron chi connectivity index (χ0n) is 14.8. The quantitative estimate of drug-likeness (QED) is 0.683. The zero-order valence-corrected chi connectivity index (χ0v) is 15.6. The molecule has 0 amide bonds. The molecule has 0 unspecified atom stereocenters. The molecular weight excluding hydrogens is 344 g/mol. The Balaban J connectivity index is 1.95. The summed E-state index contributed by atoms with van der Waals surface area (Å²) in [7, 11) is 3.71. The summed E-state index contributed by atoms with van der Waals surface area (Å²) >= 11 is 1.31. The number of thiazole rings is 1. The normalized spacial score (nSPS) is 10.2. The Bertz CT molecular complexity index is 984. The average molecular weight is 362 g/mol. The summed E-state index contributed by atoms with van der Waals surface area (Å²) in [6.07, 6.45) is 0. The van der Waals surface area contributed by atoms with E-state index in [1.165, 1.54) is 16.9 Å². The maximum Gasteiger partial charge on any atom is 0.206 e. The summed E-state index contributed by atoms with van der Waals surface area (Å²) < 4.78 is 0. The smallest absolute Gasteiger partial charge is 0.206 e. The molecule has 130 valence electrons. The number of rotatable bonds is 5. The lowest BCUT2D eigenvalue weighted by atomic mass is 10.1. The van der Waals surface area contributed by atoms with E-state index in [9.17, 15) is 4.79 Å². The Morgan fingerprint density at radius 3 is 2.58 bits per heavy atom. The van der Waals surface area contributed by atoms with Crippen molar-refractivity contribution in [1.29, 1.82) is 5.26 Å². The van der Waals surface area contributed by atoms with Gasteiger partial charge in [0, 0.05) is 25.3 Å². The highest BCUT2D eigenvalue weighted by Crippen LogP contribution is 2.33. The van der Waals surface area contributed by atoms with E-state index in [0.29, 0.717) is 27.0 Å².